The van der Waals surface area contributed by atoms with Gasteiger partial charge in [-0.1, -0.05) is 6.07 Å². The van der Waals surface area contributed by atoms with Crippen LogP contribution in [0.25, 0.3) is 0 Å². The highest BCUT2D eigenvalue weighted by atomic mass is 16.6. The summed E-state index contributed by atoms with van der Waals surface area (Å²) in [4.78, 5) is 22.2. The van der Waals surface area contributed by atoms with E-state index >= 15 is 0 Å². The van der Waals surface area contributed by atoms with Gasteiger partial charge in [0, 0.05) is 12.5 Å². The third-order valence-corrected chi connectivity index (χ3v) is 2.85. The van der Waals surface area contributed by atoms with Crippen molar-refractivity contribution in [3.05, 3.63) is 33.4 Å². The summed E-state index contributed by atoms with van der Waals surface area (Å²) in [7, 11) is 0. The summed E-state index contributed by atoms with van der Waals surface area (Å²) in [5, 5.41) is 13.8. The van der Waals surface area contributed by atoms with Crippen molar-refractivity contribution < 1.29 is 14.5 Å². The van der Waals surface area contributed by atoms with Gasteiger partial charge in [-0.05, 0) is 25.0 Å². The molecule has 1 N–H and O–H groups in total. The first-order valence-corrected chi connectivity index (χ1v) is 5.74. The summed E-state index contributed by atoms with van der Waals surface area (Å²) in [6.07, 6.45) is 0.427. The molecule has 6 heteroatoms. The molecule has 0 saturated heterocycles. The number of fused-ring (bicyclic) bond motifs is 1. The van der Waals surface area contributed by atoms with Gasteiger partial charge >= 0.3 is 5.97 Å². The van der Waals surface area contributed by atoms with Crippen molar-refractivity contribution in [1.29, 1.82) is 0 Å². The molecule has 0 spiro atoms. The quantitative estimate of drug-likeness (QED) is 0.502. The number of esters is 1. The number of benzene rings is 1. The number of aryl methyl sites for hydroxylation is 1. The van der Waals surface area contributed by atoms with Gasteiger partial charge in [0.25, 0.3) is 5.69 Å². The van der Waals surface area contributed by atoms with Gasteiger partial charge in [-0.25, -0.2) is 4.79 Å². The fourth-order valence-electron chi connectivity index (χ4n) is 2.14. The number of anilines is 1. The molecule has 0 radical (unpaired) electrons. The molecule has 18 heavy (non-hydrogen) atoms. The van der Waals surface area contributed by atoms with Crippen molar-refractivity contribution in [2.24, 2.45) is 0 Å². The highest BCUT2D eigenvalue weighted by molar-refractivity contribution is 5.85. The number of nitrogens with zero attached hydrogens (tertiary/aromatic N) is 1. The molecule has 0 bridgehead atoms. The number of rotatable bonds is 3. The molecule has 1 atom stereocenters. The Morgan fingerprint density at radius 3 is 2.94 bits per heavy atom. The van der Waals surface area contributed by atoms with Gasteiger partial charge in [-0.2, -0.15) is 0 Å². The maximum atomic E-state index is 11.6. The van der Waals surface area contributed by atoms with Gasteiger partial charge in [-0.15, -0.1) is 0 Å². The maximum Gasteiger partial charge on any atom is 0.328 e. The second-order valence-corrected chi connectivity index (χ2v) is 4.23. The van der Waals surface area contributed by atoms with Crippen molar-refractivity contribution in [3.8, 4) is 0 Å². The zero-order chi connectivity index (χ0) is 13.3. The molecule has 1 aliphatic heterocycles. The number of ether oxygens (including phenoxy) is 1. The van der Waals surface area contributed by atoms with Gasteiger partial charge in [0.2, 0.25) is 0 Å². The summed E-state index contributed by atoms with van der Waals surface area (Å²) >= 11 is 0. The van der Waals surface area contributed by atoms with Crippen LogP contribution in [-0.4, -0.2) is 23.5 Å². The van der Waals surface area contributed by atoms with E-state index in [1.165, 1.54) is 6.07 Å². The van der Waals surface area contributed by atoms with E-state index in [-0.39, 0.29) is 11.7 Å². The van der Waals surface area contributed by atoms with Gasteiger partial charge in [0.15, 0.2) is 0 Å². The molecule has 1 aromatic carbocycles. The predicted molar refractivity (Wildman–Crippen MR) is 65.6 cm³/mol. The first-order chi connectivity index (χ1) is 8.52. The molecular weight excluding hydrogens is 236 g/mol. The summed E-state index contributed by atoms with van der Waals surface area (Å²) in [5.74, 6) is -0.374. The fraction of sp³-hybridized carbons (Fsp3) is 0.417. The van der Waals surface area contributed by atoms with Crippen LogP contribution in [-0.2, 0) is 16.0 Å². The molecular formula is C12H14N2O4. The number of carbonyl (C=O) groups is 1. The van der Waals surface area contributed by atoms with E-state index in [1.54, 1.807) is 13.8 Å². The van der Waals surface area contributed by atoms with Crippen LogP contribution in [0.5, 0.6) is 0 Å². The van der Waals surface area contributed by atoms with Gasteiger partial charge in [-0.3, -0.25) is 10.1 Å². The van der Waals surface area contributed by atoms with E-state index in [9.17, 15) is 14.9 Å². The summed E-state index contributed by atoms with van der Waals surface area (Å²) < 4.78 is 4.92. The molecule has 1 aromatic rings. The molecule has 1 aliphatic rings. The van der Waals surface area contributed by atoms with Gasteiger partial charge in [0.05, 0.1) is 11.5 Å². The predicted octanol–water partition coefficient (Wildman–Crippen LogP) is 1.80. The van der Waals surface area contributed by atoms with E-state index in [0.717, 1.165) is 11.1 Å². The standard InChI is InChI=1S/C12H14N2O4/c1-3-18-12(15)9-6-8-4-7(2)5-10(14(16)17)11(8)13-9/h4-5,9,13H,3,6H2,1-2H3. The smallest absolute Gasteiger partial charge is 0.328 e. The van der Waals surface area contributed by atoms with Crippen LogP contribution in [0.15, 0.2) is 12.1 Å². The lowest BCUT2D eigenvalue weighted by Gasteiger charge is -2.09. The van der Waals surface area contributed by atoms with E-state index < -0.39 is 11.0 Å². The van der Waals surface area contributed by atoms with Crippen LogP contribution in [0.4, 0.5) is 11.4 Å². The fourth-order valence-corrected chi connectivity index (χ4v) is 2.14. The Kier molecular flexibility index (Phi) is 3.18. The molecule has 0 aliphatic carbocycles. The van der Waals surface area contributed by atoms with E-state index in [1.807, 2.05) is 6.07 Å². The molecule has 0 aromatic heterocycles. The minimum atomic E-state index is -0.527. The molecule has 96 valence electrons. The molecule has 1 unspecified atom stereocenters. The summed E-state index contributed by atoms with van der Waals surface area (Å²) in [6, 6.07) is 2.83. The molecule has 0 fully saturated rings. The van der Waals surface area contributed by atoms with Crippen molar-refractivity contribution in [2.45, 2.75) is 26.3 Å². The zero-order valence-electron chi connectivity index (χ0n) is 10.2. The van der Waals surface area contributed by atoms with E-state index in [4.69, 9.17) is 4.74 Å². The van der Waals surface area contributed by atoms with E-state index in [0.29, 0.717) is 18.7 Å². The SMILES string of the molecule is CCOC(=O)C1Cc2cc(C)cc([N+](=O)[O-])c2N1. The Labute approximate surface area is 104 Å². The van der Waals surface area contributed by atoms with Crippen molar-refractivity contribution >= 4 is 17.3 Å². The Balaban J connectivity index is 2.31. The van der Waals surface area contributed by atoms with Crippen LogP contribution < -0.4 is 5.32 Å². The lowest BCUT2D eigenvalue weighted by atomic mass is 10.1. The van der Waals surface area contributed by atoms with Crippen LogP contribution in [0.2, 0.25) is 0 Å². The number of nitro groups is 1. The van der Waals surface area contributed by atoms with Gasteiger partial charge < -0.3 is 10.1 Å². The van der Waals surface area contributed by atoms with Crippen LogP contribution in [0, 0.1) is 17.0 Å². The second-order valence-electron chi connectivity index (χ2n) is 4.23. The lowest BCUT2D eigenvalue weighted by Crippen LogP contribution is -2.29. The van der Waals surface area contributed by atoms with Crippen LogP contribution in [0.1, 0.15) is 18.1 Å². The molecule has 1 heterocycles. The average Bonchev–Trinajstić information content (AvgIpc) is 2.71. The first-order valence-electron chi connectivity index (χ1n) is 5.74. The highest BCUT2D eigenvalue weighted by Gasteiger charge is 2.33. The number of nitrogens with one attached hydrogen (secondary N) is 1. The minimum absolute atomic E-state index is 0.0109. The van der Waals surface area contributed by atoms with E-state index in [2.05, 4.69) is 5.32 Å². The number of nitro benzene ring substituents is 1. The number of hydrogen-bond donors (Lipinski definition) is 1. The lowest BCUT2D eigenvalue weighted by molar-refractivity contribution is -0.384. The number of carbonyl (C=O) groups excluding carboxylic acids is 1. The second kappa shape index (κ2) is 4.64. The maximum absolute atomic E-state index is 11.6. The molecule has 6 nitrogen and oxygen atoms in total. The minimum Gasteiger partial charge on any atom is -0.464 e. The molecule has 0 amide bonds. The monoisotopic (exact) mass is 250 g/mol. The Hall–Kier alpha value is -2.11. The topological polar surface area (TPSA) is 81.5 Å². The molecule has 0 saturated carbocycles. The van der Waals surface area contributed by atoms with Crippen molar-refractivity contribution in [1.82, 2.24) is 0 Å². The van der Waals surface area contributed by atoms with Gasteiger partial charge in [0.1, 0.15) is 11.7 Å². The highest BCUT2D eigenvalue weighted by Crippen LogP contribution is 2.36. The first kappa shape index (κ1) is 12.3. The largest absolute Gasteiger partial charge is 0.464 e. The summed E-state index contributed by atoms with van der Waals surface area (Å²) in [6.45, 7) is 3.83. The Morgan fingerprint density at radius 1 is 1.61 bits per heavy atom. The Bertz CT molecular complexity index is 513. The van der Waals surface area contributed by atoms with Crippen LogP contribution in [0.3, 0.4) is 0 Å². The zero-order valence-corrected chi connectivity index (χ0v) is 10.2. The normalized spacial score (nSPS) is 16.9. The average molecular weight is 250 g/mol. The molecule has 2 rings (SSSR count). The summed E-state index contributed by atoms with van der Waals surface area (Å²) in [5.41, 5.74) is 2.05. The number of hydrogen-bond acceptors (Lipinski definition) is 5. The van der Waals surface area contributed by atoms with Crippen LogP contribution >= 0.6 is 0 Å². The third-order valence-electron chi connectivity index (χ3n) is 2.85. The van der Waals surface area contributed by atoms with Crippen molar-refractivity contribution in [3.63, 3.8) is 0 Å². The Morgan fingerprint density at radius 2 is 2.33 bits per heavy atom. The third kappa shape index (κ3) is 2.13. The van der Waals surface area contributed by atoms with Crippen molar-refractivity contribution in [2.75, 3.05) is 11.9 Å².